The van der Waals surface area contributed by atoms with Crippen molar-refractivity contribution in [3.8, 4) is 0 Å². The number of hydrogen-bond acceptors (Lipinski definition) is 7. The van der Waals surface area contributed by atoms with Gasteiger partial charge in [-0.3, -0.25) is 18.9 Å². The van der Waals surface area contributed by atoms with Crippen LogP contribution in [0.5, 0.6) is 0 Å². The minimum Gasteiger partial charge on any atom is -0.383 e. The van der Waals surface area contributed by atoms with Gasteiger partial charge < -0.3 is 10.1 Å². The summed E-state index contributed by atoms with van der Waals surface area (Å²) in [6.45, 7) is 4.99. The van der Waals surface area contributed by atoms with Crippen molar-refractivity contribution in [2.24, 2.45) is 5.92 Å². The maximum Gasteiger partial charge on any atom is 0.267 e. The molecule has 0 aromatic carbocycles. The van der Waals surface area contributed by atoms with Crippen LogP contribution in [0.25, 0.3) is 11.7 Å². The Morgan fingerprint density at radius 3 is 2.75 bits per heavy atom. The van der Waals surface area contributed by atoms with Crippen LogP contribution in [0.1, 0.15) is 43.7 Å². The highest BCUT2D eigenvalue weighted by Crippen LogP contribution is 2.33. The maximum atomic E-state index is 13.5. The Bertz CT molecular complexity index is 1140. The van der Waals surface area contributed by atoms with E-state index in [0.717, 1.165) is 37.2 Å². The smallest absolute Gasteiger partial charge is 0.267 e. The van der Waals surface area contributed by atoms with Crippen LogP contribution in [0.15, 0.2) is 28.0 Å². The summed E-state index contributed by atoms with van der Waals surface area (Å²) in [6, 6.07) is 4.04. The van der Waals surface area contributed by atoms with Crippen molar-refractivity contribution in [2.75, 3.05) is 25.6 Å². The van der Waals surface area contributed by atoms with Crippen molar-refractivity contribution in [2.45, 2.75) is 45.6 Å². The number of amides is 1. The second-order valence-electron chi connectivity index (χ2n) is 8.54. The summed E-state index contributed by atoms with van der Waals surface area (Å²) >= 11 is 6.59. The van der Waals surface area contributed by atoms with Crippen LogP contribution in [-0.4, -0.2) is 50.8 Å². The average molecular weight is 473 g/mol. The molecule has 32 heavy (non-hydrogen) atoms. The van der Waals surface area contributed by atoms with Gasteiger partial charge in [-0.2, -0.15) is 0 Å². The first-order chi connectivity index (χ1) is 15.4. The fourth-order valence-electron chi connectivity index (χ4n) is 4.10. The molecule has 7 nitrogen and oxygen atoms in total. The van der Waals surface area contributed by atoms with E-state index in [2.05, 4.69) is 12.2 Å². The Labute approximate surface area is 197 Å². The third-order valence-corrected chi connectivity index (χ3v) is 7.41. The lowest BCUT2D eigenvalue weighted by molar-refractivity contribution is -0.122. The number of nitrogens with zero attached hydrogens (tertiary/aromatic N) is 3. The quantitative estimate of drug-likeness (QED) is 0.506. The minimum absolute atomic E-state index is 0.201. The first kappa shape index (κ1) is 22.9. The van der Waals surface area contributed by atoms with Crippen molar-refractivity contribution < 1.29 is 9.53 Å². The second-order valence-corrected chi connectivity index (χ2v) is 10.2. The molecule has 1 N–H and O–H groups in total. The predicted molar refractivity (Wildman–Crippen MR) is 133 cm³/mol. The zero-order chi connectivity index (χ0) is 22.8. The Hall–Kier alpha value is -2.23. The number of anilines is 1. The molecule has 1 saturated carbocycles. The highest BCUT2D eigenvalue weighted by molar-refractivity contribution is 8.26. The Morgan fingerprint density at radius 1 is 1.28 bits per heavy atom. The van der Waals surface area contributed by atoms with E-state index in [1.807, 2.05) is 19.1 Å². The van der Waals surface area contributed by atoms with Crippen LogP contribution in [0, 0.1) is 12.8 Å². The van der Waals surface area contributed by atoms with E-state index in [9.17, 15) is 9.59 Å². The van der Waals surface area contributed by atoms with Gasteiger partial charge in [0.25, 0.3) is 11.5 Å². The van der Waals surface area contributed by atoms with Crippen molar-refractivity contribution in [1.82, 2.24) is 14.3 Å². The molecule has 2 aromatic rings. The lowest BCUT2D eigenvalue weighted by Crippen LogP contribution is -2.31. The first-order valence-corrected chi connectivity index (χ1v) is 12.1. The number of hydrogen-bond donors (Lipinski definition) is 1. The number of rotatable bonds is 6. The molecule has 1 aliphatic carbocycles. The van der Waals surface area contributed by atoms with Crippen LogP contribution in [0.4, 0.5) is 5.82 Å². The molecule has 0 atom stereocenters. The molecule has 4 rings (SSSR count). The van der Waals surface area contributed by atoms with Crippen molar-refractivity contribution in [3.63, 3.8) is 0 Å². The molecule has 9 heteroatoms. The number of thioether (sulfide) groups is 1. The molecule has 0 bridgehead atoms. The normalized spacial score (nSPS) is 22.8. The van der Waals surface area contributed by atoms with E-state index < -0.39 is 0 Å². The number of aromatic nitrogens is 2. The van der Waals surface area contributed by atoms with Gasteiger partial charge in [-0.1, -0.05) is 37.0 Å². The summed E-state index contributed by atoms with van der Waals surface area (Å²) in [5.74, 6) is 1.04. The highest BCUT2D eigenvalue weighted by atomic mass is 32.2. The number of fused-ring (bicyclic) bond motifs is 1. The maximum absolute atomic E-state index is 13.5. The molecule has 170 valence electrons. The molecule has 1 aliphatic heterocycles. The molecule has 2 aromatic heterocycles. The largest absolute Gasteiger partial charge is 0.383 e. The van der Waals surface area contributed by atoms with Crippen LogP contribution in [0.3, 0.4) is 0 Å². The van der Waals surface area contributed by atoms with Gasteiger partial charge >= 0.3 is 0 Å². The molecular weight excluding hydrogens is 444 g/mol. The molecule has 1 amide bonds. The summed E-state index contributed by atoms with van der Waals surface area (Å²) in [4.78, 5) is 33.1. The summed E-state index contributed by atoms with van der Waals surface area (Å²) in [5, 5.41) is 3.51. The molecule has 2 fully saturated rings. The Balaban J connectivity index is 1.75. The van der Waals surface area contributed by atoms with Gasteiger partial charge in [0.2, 0.25) is 0 Å². The second kappa shape index (κ2) is 9.72. The number of carbonyl (C=O) groups is 1. The summed E-state index contributed by atoms with van der Waals surface area (Å²) in [5.41, 5.74) is 1.73. The number of aryl methyl sites for hydroxylation is 1. The number of pyridine rings is 1. The van der Waals surface area contributed by atoms with Gasteiger partial charge in [0.05, 0.1) is 23.6 Å². The van der Waals surface area contributed by atoms with Gasteiger partial charge in [-0.05, 0) is 56.2 Å². The van der Waals surface area contributed by atoms with Crippen LogP contribution < -0.4 is 10.9 Å². The third-order valence-electron chi connectivity index (χ3n) is 6.03. The van der Waals surface area contributed by atoms with E-state index in [0.29, 0.717) is 39.4 Å². The van der Waals surface area contributed by atoms with E-state index in [-0.39, 0.29) is 17.5 Å². The zero-order valence-corrected chi connectivity index (χ0v) is 20.2. The van der Waals surface area contributed by atoms with E-state index in [1.54, 1.807) is 23.8 Å². The van der Waals surface area contributed by atoms with Crippen molar-refractivity contribution in [3.05, 3.63) is 44.7 Å². The topological polar surface area (TPSA) is 75.9 Å². The number of carbonyl (C=O) groups excluding carboxylic acids is 1. The van der Waals surface area contributed by atoms with Crippen molar-refractivity contribution >= 4 is 51.7 Å². The minimum atomic E-state index is -0.205. The number of nitrogens with one attached hydrogen (secondary N) is 1. The van der Waals surface area contributed by atoms with Gasteiger partial charge in [-0.25, -0.2) is 4.98 Å². The Kier molecular flexibility index (Phi) is 6.97. The lowest BCUT2D eigenvalue weighted by atomic mass is 9.87. The molecule has 0 spiro atoms. The predicted octanol–water partition coefficient (Wildman–Crippen LogP) is 3.84. The molecule has 0 radical (unpaired) electrons. The summed E-state index contributed by atoms with van der Waals surface area (Å²) in [6.07, 6.45) is 7.79. The zero-order valence-electron chi connectivity index (χ0n) is 18.6. The highest BCUT2D eigenvalue weighted by Gasteiger charge is 2.32. The number of thiocarbonyl (C=S) groups is 1. The SMILES string of the molecule is COCCN1C(=O)/C(=C\c2c(NC3CCC(C)CC3)nc3ccc(C)cn3c2=O)SC1=S. The molecule has 1 saturated heterocycles. The average Bonchev–Trinajstić information content (AvgIpc) is 3.04. The Morgan fingerprint density at radius 2 is 2.03 bits per heavy atom. The van der Waals surface area contributed by atoms with Gasteiger partial charge in [0, 0.05) is 19.3 Å². The number of methoxy groups -OCH3 is 1. The molecule has 0 unspecified atom stereocenters. The summed E-state index contributed by atoms with van der Waals surface area (Å²) < 4.78 is 7.10. The number of ether oxygens (including phenoxy) is 1. The van der Waals surface area contributed by atoms with E-state index >= 15 is 0 Å². The monoisotopic (exact) mass is 472 g/mol. The van der Waals surface area contributed by atoms with E-state index in [1.165, 1.54) is 16.7 Å². The van der Waals surface area contributed by atoms with E-state index in [4.69, 9.17) is 21.9 Å². The molecule has 3 heterocycles. The summed E-state index contributed by atoms with van der Waals surface area (Å²) in [7, 11) is 1.58. The lowest BCUT2D eigenvalue weighted by Gasteiger charge is -2.27. The van der Waals surface area contributed by atoms with Gasteiger partial charge in [-0.15, -0.1) is 0 Å². The molecular formula is C23H28N4O3S2. The van der Waals surface area contributed by atoms with Crippen LogP contribution in [0.2, 0.25) is 0 Å². The first-order valence-electron chi connectivity index (χ1n) is 10.9. The van der Waals surface area contributed by atoms with Crippen LogP contribution >= 0.6 is 24.0 Å². The standard InChI is InChI=1S/C23H28N4O3S2/c1-14-4-7-16(8-5-14)24-20-17(21(28)27-13-15(2)6-9-19(27)25-20)12-18-22(29)26(10-11-30-3)23(31)32-18/h6,9,12-14,16,24H,4-5,7-8,10-11H2,1-3H3/b18-12+. The van der Waals surface area contributed by atoms with Crippen LogP contribution in [-0.2, 0) is 9.53 Å². The van der Waals surface area contributed by atoms with Crippen molar-refractivity contribution in [1.29, 1.82) is 0 Å². The van der Waals surface area contributed by atoms with Gasteiger partial charge in [0.1, 0.15) is 15.8 Å². The fraction of sp³-hybridized carbons (Fsp3) is 0.478. The third kappa shape index (κ3) is 4.74. The molecule has 2 aliphatic rings. The fourth-order valence-corrected chi connectivity index (χ4v) is 5.39. The van der Waals surface area contributed by atoms with Gasteiger partial charge in [0.15, 0.2) is 0 Å².